The first kappa shape index (κ1) is 24.5. The number of nitrogens with zero attached hydrogens (tertiary/aromatic N) is 5. The van der Waals surface area contributed by atoms with E-state index in [2.05, 4.69) is 9.88 Å². The van der Waals surface area contributed by atoms with Crippen LogP contribution in [-0.2, 0) is 11.0 Å². The number of carboxylic acid groups (broad SMARTS) is 1. The summed E-state index contributed by atoms with van der Waals surface area (Å²) in [6.45, 7) is 2.08. The molecule has 1 atom stereocenters. The number of aromatic nitrogens is 1. The number of piperazine rings is 1. The van der Waals surface area contributed by atoms with Gasteiger partial charge in [-0.3, -0.25) is 9.78 Å². The van der Waals surface area contributed by atoms with Crippen molar-refractivity contribution in [1.29, 1.82) is 0 Å². The van der Waals surface area contributed by atoms with Gasteiger partial charge in [-0.05, 0) is 48.5 Å². The van der Waals surface area contributed by atoms with Gasteiger partial charge in [0.1, 0.15) is 5.82 Å². The van der Waals surface area contributed by atoms with Crippen molar-refractivity contribution in [3.05, 3.63) is 83.9 Å². The first-order valence-corrected chi connectivity index (χ1v) is 11.7. The van der Waals surface area contributed by atoms with Gasteiger partial charge in [0.15, 0.2) is 0 Å². The summed E-state index contributed by atoms with van der Waals surface area (Å²) in [5.74, 6) is -1.05. The second-order valence-electron chi connectivity index (χ2n) is 8.83. The molecule has 1 aromatic heterocycles. The van der Waals surface area contributed by atoms with Crippen LogP contribution in [0.1, 0.15) is 23.6 Å². The molecule has 37 heavy (non-hydrogen) atoms. The maximum atomic E-state index is 13.6. The molecule has 0 amide bonds. The normalized spacial score (nSPS) is 17.9. The Labute approximate surface area is 210 Å². The molecule has 0 bridgehead atoms. The molecule has 0 aliphatic carbocycles. The second-order valence-corrected chi connectivity index (χ2v) is 8.83. The van der Waals surface area contributed by atoms with Gasteiger partial charge < -0.3 is 19.8 Å². The molecule has 3 heterocycles. The average molecular weight is 513 g/mol. The SMILES string of the molecule is O=C(O)CC1c2cnccc2N=C(N2CCN(c3ccc(F)cc3)CC2)N1c1cccc(C(F)(F)F)c1. The second kappa shape index (κ2) is 9.72. The van der Waals surface area contributed by atoms with Crippen molar-refractivity contribution in [2.75, 3.05) is 36.0 Å². The van der Waals surface area contributed by atoms with Crippen molar-refractivity contribution in [2.24, 2.45) is 4.99 Å². The molecule has 11 heteroatoms. The number of fused-ring (bicyclic) bond motifs is 1. The van der Waals surface area contributed by atoms with Crippen molar-refractivity contribution >= 4 is 29.0 Å². The molecule has 5 rings (SSSR count). The smallest absolute Gasteiger partial charge is 0.416 e. The summed E-state index contributed by atoms with van der Waals surface area (Å²) in [7, 11) is 0. The molecule has 1 fully saturated rings. The summed E-state index contributed by atoms with van der Waals surface area (Å²) < 4.78 is 54.1. The molecular formula is C26H23F4N5O2. The van der Waals surface area contributed by atoms with Gasteiger partial charge in [-0.25, -0.2) is 9.38 Å². The summed E-state index contributed by atoms with van der Waals surface area (Å²) in [5.41, 5.74) is 1.27. The third-order valence-electron chi connectivity index (χ3n) is 6.51. The van der Waals surface area contributed by atoms with Gasteiger partial charge in [-0.1, -0.05) is 6.07 Å². The number of pyridine rings is 1. The molecule has 192 valence electrons. The Morgan fingerprint density at radius 2 is 1.68 bits per heavy atom. The molecule has 0 saturated carbocycles. The van der Waals surface area contributed by atoms with E-state index in [-0.39, 0.29) is 17.9 Å². The van der Waals surface area contributed by atoms with Crippen LogP contribution >= 0.6 is 0 Å². The Hall–Kier alpha value is -4.15. The lowest BCUT2D eigenvalue weighted by atomic mass is 9.99. The van der Waals surface area contributed by atoms with Crippen LogP contribution in [-0.4, -0.2) is 53.1 Å². The van der Waals surface area contributed by atoms with Gasteiger partial charge in [0.2, 0.25) is 5.96 Å². The summed E-state index contributed by atoms with van der Waals surface area (Å²) in [6, 6.07) is 11.9. The highest BCUT2D eigenvalue weighted by molar-refractivity contribution is 6.01. The zero-order valence-corrected chi connectivity index (χ0v) is 19.6. The van der Waals surface area contributed by atoms with Crippen molar-refractivity contribution in [3.8, 4) is 0 Å². The highest BCUT2D eigenvalue weighted by atomic mass is 19.4. The first-order chi connectivity index (χ1) is 17.7. The van der Waals surface area contributed by atoms with Crippen LogP contribution in [0.4, 0.5) is 34.6 Å². The topological polar surface area (TPSA) is 72.3 Å². The Morgan fingerprint density at radius 3 is 2.35 bits per heavy atom. The monoisotopic (exact) mass is 513 g/mol. The lowest BCUT2D eigenvalue weighted by Gasteiger charge is -2.45. The first-order valence-electron chi connectivity index (χ1n) is 11.7. The number of carbonyl (C=O) groups is 1. The maximum Gasteiger partial charge on any atom is 0.416 e. The average Bonchev–Trinajstić information content (AvgIpc) is 2.88. The Morgan fingerprint density at radius 1 is 0.973 bits per heavy atom. The van der Waals surface area contributed by atoms with E-state index in [1.54, 1.807) is 29.3 Å². The number of hydrogen-bond acceptors (Lipinski definition) is 6. The fraction of sp³-hybridized carbons (Fsp3) is 0.269. The van der Waals surface area contributed by atoms with Crippen molar-refractivity contribution < 1.29 is 27.5 Å². The number of benzene rings is 2. The number of halogens is 4. The minimum Gasteiger partial charge on any atom is -0.481 e. The van der Waals surface area contributed by atoms with Crippen molar-refractivity contribution in [3.63, 3.8) is 0 Å². The van der Waals surface area contributed by atoms with Crippen LogP contribution in [0, 0.1) is 5.82 Å². The summed E-state index contributed by atoms with van der Waals surface area (Å²) in [5, 5.41) is 9.70. The van der Waals surface area contributed by atoms with E-state index in [1.807, 2.05) is 4.90 Å². The molecule has 1 unspecified atom stereocenters. The molecule has 7 nitrogen and oxygen atoms in total. The molecule has 1 saturated heterocycles. The minimum atomic E-state index is -4.56. The van der Waals surface area contributed by atoms with Crippen LogP contribution in [0.2, 0.25) is 0 Å². The third-order valence-corrected chi connectivity index (χ3v) is 6.51. The zero-order chi connectivity index (χ0) is 26.2. The van der Waals surface area contributed by atoms with Crippen LogP contribution in [0.5, 0.6) is 0 Å². The number of rotatable bonds is 4. The fourth-order valence-electron chi connectivity index (χ4n) is 4.73. The van der Waals surface area contributed by atoms with Gasteiger partial charge in [0, 0.05) is 55.5 Å². The van der Waals surface area contributed by atoms with Crippen molar-refractivity contribution in [2.45, 2.75) is 18.6 Å². The van der Waals surface area contributed by atoms with Crippen LogP contribution in [0.25, 0.3) is 0 Å². The van der Waals surface area contributed by atoms with E-state index in [1.165, 1.54) is 30.5 Å². The quantitative estimate of drug-likeness (QED) is 0.491. The third kappa shape index (κ3) is 5.07. The standard InChI is InChI=1S/C26H23F4N5O2/c27-18-4-6-19(7-5-18)33-10-12-34(13-11-33)25-32-22-8-9-31-16-21(22)23(15-24(36)37)35(25)20-3-1-2-17(14-20)26(28,29)30/h1-9,14,16,23H,10-13,15H2,(H,36,37). The molecule has 2 aliphatic heterocycles. The fourth-order valence-corrected chi connectivity index (χ4v) is 4.73. The van der Waals surface area contributed by atoms with Gasteiger partial charge in [0.05, 0.1) is 23.7 Å². The largest absolute Gasteiger partial charge is 0.481 e. The number of aliphatic carboxylic acids is 1. The predicted octanol–water partition coefficient (Wildman–Crippen LogP) is 5.09. The lowest BCUT2D eigenvalue weighted by Crippen LogP contribution is -2.55. The predicted molar refractivity (Wildman–Crippen MR) is 130 cm³/mol. The highest BCUT2D eigenvalue weighted by Gasteiger charge is 2.38. The molecular weight excluding hydrogens is 490 g/mol. The van der Waals surface area contributed by atoms with Gasteiger partial charge >= 0.3 is 12.1 Å². The number of guanidine groups is 1. The van der Waals surface area contributed by atoms with Gasteiger partial charge in [0.25, 0.3) is 0 Å². The van der Waals surface area contributed by atoms with Crippen LogP contribution in [0.15, 0.2) is 72.0 Å². The summed E-state index contributed by atoms with van der Waals surface area (Å²) in [6.07, 6.45) is -1.87. The van der Waals surface area contributed by atoms with E-state index in [9.17, 15) is 27.5 Å². The number of hydrogen-bond donors (Lipinski definition) is 1. The van der Waals surface area contributed by atoms with E-state index >= 15 is 0 Å². The van der Waals surface area contributed by atoms with Gasteiger partial charge in [-0.15, -0.1) is 0 Å². The van der Waals surface area contributed by atoms with Crippen LogP contribution in [0.3, 0.4) is 0 Å². The number of carboxylic acids is 1. The molecule has 0 radical (unpaired) electrons. The van der Waals surface area contributed by atoms with Crippen molar-refractivity contribution in [1.82, 2.24) is 9.88 Å². The van der Waals surface area contributed by atoms with E-state index in [4.69, 9.17) is 4.99 Å². The van der Waals surface area contributed by atoms with Crippen LogP contribution < -0.4 is 9.80 Å². The Kier molecular flexibility index (Phi) is 6.45. The van der Waals surface area contributed by atoms with Gasteiger partial charge in [-0.2, -0.15) is 13.2 Å². The number of anilines is 2. The van der Waals surface area contributed by atoms with E-state index in [0.29, 0.717) is 43.4 Å². The zero-order valence-electron chi connectivity index (χ0n) is 19.6. The minimum absolute atomic E-state index is 0.190. The molecule has 2 aromatic carbocycles. The lowest BCUT2D eigenvalue weighted by molar-refractivity contribution is -0.138. The molecule has 0 spiro atoms. The Bertz CT molecular complexity index is 1320. The highest BCUT2D eigenvalue weighted by Crippen LogP contribution is 2.41. The summed E-state index contributed by atoms with van der Waals surface area (Å²) in [4.78, 5) is 26.4. The maximum absolute atomic E-state index is 13.6. The molecule has 2 aliphatic rings. The molecule has 1 N–H and O–H groups in total. The molecule has 3 aromatic rings. The number of aliphatic imine (C=N–C) groups is 1. The van der Waals surface area contributed by atoms with E-state index in [0.717, 1.165) is 17.8 Å². The Balaban J connectivity index is 1.53. The van der Waals surface area contributed by atoms with E-state index < -0.39 is 23.8 Å². The summed E-state index contributed by atoms with van der Waals surface area (Å²) >= 11 is 0. The number of alkyl halides is 3.